The van der Waals surface area contributed by atoms with E-state index >= 15 is 0 Å². The number of nitrogens with zero attached hydrogens (tertiary/aromatic N) is 2. The predicted octanol–water partition coefficient (Wildman–Crippen LogP) is 4.39. The van der Waals surface area contributed by atoms with Crippen molar-refractivity contribution in [1.82, 2.24) is 14.9 Å². The van der Waals surface area contributed by atoms with Crippen LogP contribution in [0.3, 0.4) is 0 Å². The fourth-order valence-corrected chi connectivity index (χ4v) is 4.44. The summed E-state index contributed by atoms with van der Waals surface area (Å²) in [5.74, 6) is 0.337. The van der Waals surface area contributed by atoms with Crippen LogP contribution in [0.15, 0.2) is 41.9 Å². The van der Waals surface area contributed by atoms with Crippen LogP contribution in [0.2, 0.25) is 0 Å². The van der Waals surface area contributed by atoms with E-state index in [1.165, 1.54) is 0 Å². The molecule has 1 aliphatic carbocycles. The zero-order valence-electron chi connectivity index (χ0n) is 16.0. The largest absolute Gasteiger partial charge is 0.357 e. The standard InChI is InChI=1S/C22H22N4O2S/c27-20(14-6-7-14)24-17-5-3-4-15(10-17)21-25-19(13-29-21)16-11-18(23-12-16)22(28)26-8-1-2-9-26/h3-5,10-14,23H,1-2,6-9H2,(H,24,27). The zero-order valence-corrected chi connectivity index (χ0v) is 16.8. The molecule has 5 rings (SSSR count). The van der Waals surface area contributed by atoms with Crippen molar-refractivity contribution in [3.05, 3.63) is 47.6 Å². The second-order valence-corrected chi connectivity index (χ2v) is 8.54. The summed E-state index contributed by atoms with van der Waals surface area (Å²) in [7, 11) is 0. The number of carbonyl (C=O) groups excluding carboxylic acids is 2. The van der Waals surface area contributed by atoms with Crippen molar-refractivity contribution < 1.29 is 9.59 Å². The maximum absolute atomic E-state index is 12.5. The molecule has 6 nitrogen and oxygen atoms in total. The lowest BCUT2D eigenvalue weighted by Gasteiger charge is -2.13. The molecule has 2 N–H and O–H groups in total. The molecule has 0 radical (unpaired) electrons. The molecule has 29 heavy (non-hydrogen) atoms. The van der Waals surface area contributed by atoms with E-state index in [4.69, 9.17) is 4.98 Å². The second kappa shape index (κ2) is 7.48. The summed E-state index contributed by atoms with van der Waals surface area (Å²) < 4.78 is 0. The number of aromatic nitrogens is 2. The highest BCUT2D eigenvalue weighted by Gasteiger charge is 2.29. The van der Waals surface area contributed by atoms with E-state index in [0.717, 1.165) is 66.3 Å². The summed E-state index contributed by atoms with van der Waals surface area (Å²) >= 11 is 1.55. The van der Waals surface area contributed by atoms with Crippen molar-refractivity contribution in [2.45, 2.75) is 25.7 Å². The number of likely N-dealkylation sites (tertiary alicyclic amines) is 1. The summed E-state index contributed by atoms with van der Waals surface area (Å²) in [4.78, 5) is 34.3. The van der Waals surface area contributed by atoms with E-state index < -0.39 is 0 Å². The Hall–Kier alpha value is -2.93. The molecule has 0 bridgehead atoms. The molecule has 7 heteroatoms. The van der Waals surface area contributed by atoms with Gasteiger partial charge in [0.25, 0.3) is 5.91 Å². The molecule has 2 aliphatic rings. The lowest BCUT2D eigenvalue weighted by molar-refractivity contribution is -0.117. The van der Waals surface area contributed by atoms with Crippen molar-refractivity contribution >= 4 is 28.8 Å². The van der Waals surface area contributed by atoms with Gasteiger partial charge in [-0.2, -0.15) is 0 Å². The summed E-state index contributed by atoms with van der Waals surface area (Å²) in [5.41, 5.74) is 4.14. The van der Waals surface area contributed by atoms with E-state index in [9.17, 15) is 9.59 Å². The molecule has 1 aliphatic heterocycles. The van der Waals surface area contributed by atoms with Gasteiger partial charge in [0.05, 0.1) is 5.69 Å². The highest BCUT2D eigenvalue weighted by atomic mass is 32.1. The molecular formula is C22H22N4O2S. The van der Waals surface area contributed by atoms with E-state index in [1.807, 2.05) is 46.8 Å². The monoisotopic (exact) mass is 406 g/mol. The van der Waals surface area contributed by atoms with Gasteiger partial charge < -0.3 is 15.2 Å². The highest BCUT2D eigenvalue weighted by Crippen LogP contribution is 2.33. The Morgan fingerprint density at radius 3 is 2.76 bits per heavy atom. The van der Waals surface area contributed by atoms with Crippen LogP contribution < -0.4 is 5.32 Å². The number of rotatable bonds is 5. The van der Waals surface area contributed by atoms with Gasteiger partial charge in [-0.25, -0.2) is 4.98 Å². The number of anilines is 1. The normalized spacial score (nSPS) is 16.2. The Morgan fingerprint density at radius 1 is 1.14 bits per heavy atom. The number of hydrogen-bond acceptors (Lipinski definition) is 4. The molecule has 3 aromatic rings. The molecule has 1 saturated carbocycles. The van der Waals surface area contributed by atoms with Gasteiger partial charge in [0.1, 0.15) is 10.7 Å². The average molecular weight is 407 g/mol. The van der Waals surface area contributed by atoms with Crippen molar-refractivity contribution in [2.24, 2.45) is 5.92 Å². The number of H-pyrrole nitrogens is 1. The third-order valence-electron chi connectivity index (χ3n) is 5.43. The van der Waals surface area contributed by atoms with E-state index in [-0.39, 0.29) is 17.7 Å². The average Bonchev–Trinajstić information content (AvgIpc) is 3.17. The minimum Gasteiger partial charge on any atom is -0.357 e. The minimum absolute atomic E-state index is 0.0586. The van der Waals surface area contributed by atoms with Crippen LogP contribution in [0.1, 0.15) is 36.2 Å². The molecule has 0 spiro atoms. The van der Waals surface area contributed by atoms with E-state index in [2.05, 4.69) is 10.3 Å². The van der Waals surface area contributed by atoms with Crippen LogP contribution >= 0.6 is 11.3 Å². The first-order valence-electron chi connectivity index (χ1n) is 10.0. The number of thiazole rings is 1. The van der Waals surface area contributed by atoms with Gasteiger partial charge in [0, 0.05) is 47.4 Å². The molecule has 2 fully saturated rings. The van der Waals surface area contributed by atoms with Crippen molar-refractivity contribution in [2.75, 3.05) is 18.4 Å². The molecule has 1 aromatic carbocycles. The van der Waals surface area contributed by atoms with Crippen molar-refractivity contribution in [3.8, 4) is 21.8 Å². The maximum Gasteiger partial charge on any atom is 0.270 e. The van der Waals surface area contributed by atoms with Gasteiger partial charge in [0.15, 0.2) is 0 Å². The van der Waals surface area contributed by atoms with Crippen molar-refractivity contribution in [1.29, 1.82) is 0 Å². The summed E-state index contributed by atoms with van der Waals surface area (Å²) in [6.45, 7) is 1.67. The van der Waals surface area contributed by atoms with Crippen LogP contribution in [-0.2, 0) is 4.79 Å². The van der Waals surface area contributed by atoms with Gasteiger partial charge in [-0.1, -0.05) is 12.1 Å². The Bertz CT molecular complexity index is 1060. The number of carbonyl (C=O) groups is 2. The molecule has 0 unspecified atom stereocenters. The van der Waals surface area contributed by atoms with Gasteiger partial charge in [-0.05, 0) is 43.9 Å². The number of benzene rings is 1. The Morgan fingerprint density at radius 2 is 1.97 bits per heavy atom. The van der Waals surface area contributed by atoms with Crippen LogP contribution in [0.4, 0.5) is 5.69 Å². The first-order chi connectivity index (χ1) is 14.2. The predicted molar refractivity (Wildman–Crippen MR) is 114 cm³/mol. The van der Waals surface area contributed by atoms with Crippen molar-refractivity contribution in [3.63, 3.8) is 0 Å². The summed E-state index contributed by atoms with van der Waals surface area (Å²) in [5, 5.41) is 5.87. The molecule has 2 amide bonds. The maximum atomic E-state index is 12.5. The minimum atomic E-state index is 0.0586. The number of hydrogen-bond donors (Lipinski definition) is 2. The summed E-state index contributed by atoms with van der Waals surface area (Å²) in [6.07, 6.45) is 5.97. The number of aromatic amines is 1. The zero-order chi connectivity index (χ0) is 19.8. The Balaban J connectivity index is 1.33. The number of nitrogens with one attached hydrogen (secondary N) is 2. The molecule has 1 saturated heterocycles. The Kier molecular flexibility index (Phi) is 4.67. The fraction of sp³-hybridized carbons (Fsp3) is 0.318. The first kappa shape index (κ1) is 18.1. The quantitative estimate of drug-likeness (QED) is 0.660. The molecular weight excluding hydrogens is 384 g/mol. The van der Waals surface area contributed by atoms with E-state index in [0.29, 0.717) is 5.69 Å². The molecule has 0 atom stereocenters. The van der Waals surface area contributed by atoms with Crippen LogP contribution in [0.25, 0.3) is 21.8 Å². The van der Waals surface area contributed by atoms with Gasteiger partial charge in [0.2, 0.25) is 5.91 Å². The fourth-order valence-electron chi connectivity index (χ4n) is 3.62. The summed E-state index contributed by atoms with van der Waals surface area (Å²) in [6, 6.07) is 9.67. The first-order valence-corrected chi connectivity index (χ1v) is 10.9. The van der Waals surface area contributed by atoms with Crippen LogP contribution in [-0.4, -0.2) is 39.8 Å². The Labute approximate surface area is 173 Å². The van der Waals surface area contributed by atoms with Crippen LogP contribution in [0.5, 0.6) is 0 Å². The highest BCUT2D eigenvalue weighted by molar-refractivity contribution is 7.13. The lowest BCUT2D eigenvalue weighted by atomic mass is 10.2. The van der Waals surface area contributed by atoms with Gasteiger partial charge >= 0.3 is 0 Å². The van der Waals surface area contributed by atoms with Gasteiger partial charge in [-0.3, -0.25) is 9.59 Å². The van der Waals surface area contributed by atoms with Crippen LogP contribution in [0, 0.1) is 5.92 Å². The third kappa shape index (κ3) is 3.82. The topological polar surface area (TPSA) is 78.1 Å². The molecule has 3 heterocycles. The SMILES string of the molecule is O=C(Nc1cccc(-c2nc(-c3c[nH]c(C(=O)N4CCCC4)c3)cs2)c1)C1CC1. The molecule has 2 aromatic heterocycles. The molecule has 148 valence electrons. The van der Waals surface area contributed by atoms with E-state index in [1.54, 1.807) is 11.3 Å². The lowest BCUT2D eigenvalue weighted by Crippen LogP contribution is -2.27. The number of amides is 2. The third-order valence-corrected chi connectivity index (χ3v) is 6.32. The van der Waals surface area contributed by atoms with Gasteiger partial charge in [-0.15, -0.1) is 11.3 Å². The smallest absolute Gasteiger partial charge is 0.270 e. The second-order valence-electron chi connectivity index (χ2n) is 7.68.